The van der Waals surface area contributed by atoms with Crippen molar-refractivity contribution in [3.63, 3.8) is 0 Å². The van der Waals surface area contributed by atoms with Crippen LogP contribution in [0.1, 0.15) is 40.5 Å². The average Bonchev–Trinajstić information content (AvgIpc) is 2.24. The van der Waals surface area contributed by atoms with Crippen molar-refractivity contribution in [2.24, 2.45) is 11.8 Å². The minimum atomic E-state index is -0.414. The van der Waals surface area contributed by atoms with Crippen molar-refractivity contribution in [1.29, 1.82) is 0 Å². The molecule has 1 saturated heterocycles. The van der Waals surface area contributed by atoms with Crippen LogP contribution in [-0.4, -0.2) is 31.3 Å². The Morgan fingerprint density at radius 2 is 2.06 bits per heavy atom. The Labute approximate surface area is 117 Å². The van der Waals surface area contributed by atoms with Crippen molar-refractivity contribution in [1.82, 2.24) is 10.6 Å². The van der Waals surface area contributed by atoms with Gasteiger partial charge in [0.15, 0.2) is 0 Å². The van der Waals surface area contributed by atoms with Gasteiger partial charge in [0.2, 0.25) is 0 Å². The van der Waals surface area contributed by atoms with Gasteiger partial charge >= 0.3 is 6.09 Å². The molecule has 2 atom stereocenters. The van der Waals surface area contributed by atoms with E-state index in [2.05, 4.69) is 17.6 Å². The molecule has 0 radical (unpaired) electrons. The molecule has 0 saturated carbocycles. The van der Waals surface area contributed by atoms with E-state index in [1.165, 1.54) is 0 Å². The number of ether oxygens (including phenoxy) is 1. The molecule has 2 N–H and O–H groups in total. The number of halogens is 1. The zero-order valence-electron chi connectivity index (χ0n) is 11.9. The Kier molecular flexibility index (Phi) is 7.64. The van der Waals surface area contributed by atoms with Crippen molar-refractivity contribution in [3.05, 3.63) is 0 Å². The average molecular weight is 279 g/mol. The summed E-state index contributed by atoms with van der Waals surface area (Å²) in [5, 5.41) is 6.28. The van der Waals surface area contributed by atoms with Crippen LogP contribution in [0.5, 0.6) is 0 Å². The molecule has 0 aliphatic carbocycles. The van der Waals surface area contributed by atoms with Crippen LogP contribution in [-0.2, 0) is 4.74 Å². The third-order valence-electron chi connectivity index (χ3n) is 3.20. The highest BCUT2D eigenvalue weighted by atomic mass is 35.5. The molecule has 1 rings (SSSR count). The van der Waals surface area contributed by atoms with Crippen molar-refractivity contribution in [3.8, 4) is 0 Å². The molecule has 0 spiro atoms. The summed E-state index contributed by atoms with van der Waals surface area (Å²) in [6.45, 7) is 10.7. The highest BCUT2D eigenvalue weighted by molar-refractivity contribution is 5.85. The first-order valence-corrected chi connectivity index (χ1v) is 6.60. The molecular formula is C13H27ClN2O2. The number of amides is 1. The Bertz CT molecular complexity index is 254. The molecule has 18 heavy (non-hydrogen) atoms. The standard InChI is InChI=1S/C13H26N2O2.ClH/c1-5-10-8-14-7-6-11(10)9-15-12(16)17-13(2,3)4;/h10-11,14H,5-9H2,1-4H3,(H,15,16);1H/t10-,11-;/m0./s1. The molecule has 1 fully saturated rings. The van der Waals surface area contributed by atoms with Crippen LogP contribution < -0.4 is 10.6 Å². The fraction of sp³-hybridized carbons (Fsp3) is 0.923. The number of carbonyl (C=O) groups excluding carboxylic acids is 1. The van der Waals surface area contributed by atoms with Gasteiger partial charge in [-0.1, -0.05) is 13.3 Å². The first-order chi connectivity index (χ1) is 7.92. The Balaban J connectivity index is 0.00000289. The Morgan fingerprint density at radius 3 is 2.61 bits per heavy atom. The molecule has 4 nitrogen and oxygen atoms in total. The molecule has 1 heterocycles. The summed E-state index contributed by atoms with van der Waals surface area (Å²) in [5.74, 6) is 1.24. The lowest BCUT2D eigenvalue weighted by Crippen LogP contribution is -2.43. The van der Waals surface area contributed by atoms with Crippen LogP contribution in [0.2, 0.25) is 0 Å². The van der Waals surface area contributed by atoms with Crippen molar-refractivity contribution in [2.45, 2.75) is 46.1 Å². The van der Waals surface area contributed by atoms with Gasteiger partial charge in [-0.15, -0.1) is 12.4 Å². The lowest BCUT2D eigenvalue weighted by atomic mass is 9.84. The fourth-order valence-electron chi connectivity index (χ4n) is 2.25. The second kappa shape index (κ2) is 7.85. The van der Waals surface area contributed by atoms with Crippen LogP contribution in [0.3, 0.4) is 0 Å². The number of carbonyl (C=O) groups is 1. The normalized spacial score (nSPS) is 24.0. The monoisotopic (exact) mass is 278 g/mol. The van der Waals surface area contributed by atoms with Gasteiger partial charge in [-0.25, -0.2) is 4.79 Å². The molecule has 1 aliphatic rings. The van der Waals surface area contributed by atoms with E-state index in [-0.39, 0.29) is 18.5 Å². The summed E-state index contributed by atoms with van der Waals surface area (Å²) in [6, 6.07) is 0. The molecule has 1 amide bonds. The third-order valence-corrected chi connectivity index (χ3v) is 3.20. The van der Waals surface area contributed by atoms with Gasteiger partial charge in [-0.05, 0) is 52.1 Å². The number of hydrogen-bond donors (Lipinski definition) is 2. The SMILES string of the molecule is CC[C@H]1CNCC[C@H]1CNC(=O)OC(C)(C)C.Cl. The molecule has 0 aromatic heterocycles. The number of alkyl carbamates (subject to hydrolysis) is 1. The first kappa shape index (κ1) is 17.5. The smallest absolute Gasteiger partial charge is 0.407 e. The quantitative estimate of drug-likeness (QED) is 0.834. The maximum Gasteiger partial charge on any atom is 0.407 e. The number of nitrogens with one attached hydrogen (secondary N) is 2. The van der Waals surface area contributed by atoms with Gasteiger partial charge < -0.3 is 15.4 Å². The summed E-state index contributed by atoms with van der Waals surface area (Å²) < 4.78 is 5.23. The maximum atomic E-state index is 11.5. The van der Waals surface area contributed by atoms with Gasteiger partial charge in [-0.2, -0.15) is 0 Å². The van der Waals surface area contributed by atoms with Gasteiger partial charge in [0.1, 0.15) is 5.60 Å². The van der Waals surface area contributed by atoms with Crippen LogP contribution in [0.25, 0.3) is 0 Å². The summed E-state index contributed by atoms with van der Waals surface area (Å²) in [6.07, 6.45) is 1.99. The second-order valence-electron chi connectivity index (χ2n) is 5.80. The van der Waals surface area contributed by atoms with E-state index in [1.807, 2.05) is 20.8 Å². The molecule has 0 bridgehead atoms. The van der Waals surface area contributed by atoms with Crippen LogP contribution in [0, 0.1) is 11.8 Å². The summed E-state index contributed by atoms with van der Waals surface area (Å²) in [4.78, 5) is 11.5. The Hall–Kier alpha value is -0.480. The minimum Gasteiger partial charge on any atom is -0.444 e. The zero-order chi connectivity index (χ0) is 12.9. The predicted octanol–water partition coefficient (Wildman–Crippen LogP) is 2.57. The van der Waals surface area contributed by atoms with E-state index in [0.29, 0.717) is 11.8 Å². The van der Waals surface area contributed by atoms with Gasteiger partial charge in [0.25, 0.3) is 0 Å². The number of rotatable bonds is 3. The molecule has 108 valence electrons. The third kappa shape index (κ3) is 6.45. The van der Waals surface area contributed by atoms with E-state index < -0.39 is 5.60 Å². The molecular weight excluding hydrogens is 252 g/mol. The van der Waals surface area contributed by atoms with Gasteiger partial charge in [-0.3, -0.25) is 0 Å². The molecule has 0 aromatic rings. The van der Waals surface area contributed by atoms with E-state index in [0.717, 1.165) is 32.5 Å². The maximum absolute atomic E-state index is 11.5. The number of hydrogen-bond acceptors (Lipinski definition) is 3. The van der Waals surface area contributed by atoms with E-state index >= 15 is 0 Å². The predicted molar refractivity (Wildman–Crippen MR) is 76.2 cm³/mol. The first-order valence-electron chi connectivity index (χ1n) is 6.60. The molecule has 1 aliphatic heterocycles. The minimum absolute atomic E-state index is 0. The Morgan fingerprint density at radius 1 is 1.39 bits per heavy atom. The summed E-state index contributed by atoms with van der Waals surface area (Å²) >= 11 is 0. The van der Waals surface area contributed by atoms with Crippen LogP contribution in [0.15, 0.2) is 0 Å². The zero-order valence-corrected chi connectivity index (χ0v) is 12.7. The van der Waals surface area contributed by atoms with Crippen molar-refractivity contribution >= 4 is 18.5 Å². The van der Waals surface area contributed by atoms with Crippen molar-refractivity contribution < 1.29 is 9.53 Å². The summed E-state index contributed by atoms with van der Waals surface area (Å²) in [7, 11) is 0. The van der Waals surface area contributed by atoms with Crippen LogP contribution >= 0.6 is 12.4 Å². The highest BCUT2D eigenvalue weighted by Gasteiger charge is 2.24. The largest absolute Gasteiger partial charge is 0.444 e. The highest BCUT2D eigenvalue weighted by Crippen LogP contribution is 2.21. The van der Waals surface area contributed by atoms with Crippen molar-refractivity contribution in [2.75, 3.05) is 19.6 Å². The molecule has 0 unspecified atom stereocenters. The van der Waals surface area contributed by atoms with Gasteiger partial charge in [0.05, 0.1) is 0 Å². The molecule has 0 aromatic carbocycles. The van der Waals surface area contributed by atoms with E-state index in [4.69, 9.17) is 4.74 Å². The lowest BCUT2D eigenvalue weighted by molar-refractivity contribution is 0.0507. The summed E-state index contributed by atoms with van der Waals surface area (Å²) in [5.41, 5.74) is -0.414. The van der Waals surface area contributed by atoms with E-state index in [9.17, 15) is 4.79 Å². The second-order valence-corrected chi connectivity index (χ2v) is 5.80. The number of piperidine rings is 1. The topological polar surface area (TPSA) is 50.4 Å². The lowest BCUT2D eigenvalue weighted by Gasteiger charge is -2.31. The van der Waals surface area contributed by atoms with Crippen LogP contribution in [0.4, 0.5) is 4.79 Å². The molecule has 5 heteroatoms. The van der Waals surface area contributed by atoms with E-state index in [1.54, 1.807) is 0 Å². The van der Waals surface area contributed by atoms with Gasteiger partial charge in [0, 0.05) is 6.54 Å². The fourth-order valence-corrected chi connectivity index (χ4v) is 2.25.